The van der Waals surface area contributed by atoms with E-state index in [9.17, 15) is 4.79 Å². The summed E-state index contributed by atoms with van der Waals surface area (Å²) in [5.74, 6) is 1.16. The number of halogens is 1. The van der Waals surface area contributed by atoms with Crippen LogP contribution in [0.25, 0.3) is 11.4 Å². The molecule has 162 valence electrons. The maximum atomic E-state index is 12.8. The van der Waals surface area contributed by atoms with E-state index in [1.807, 2.05) is 61.2 Å². The first-order valence-electron chi connectivity index (χ1n) is 10.3. The normalized spacial score (nSPS) is 18.9. The Labute approximate surface area is 191 Å². The van der Waals surface area contributed by atoms with Gasteiger partial charge in [0.15, 0.2) is 11.0 Å². The maximum Gasteiger partial charge on any atom is 0.233 e. The Bertz CT molecular complexity index is 1020. The highest BCUT2D eigenvalue weighted by molar-refractivity contribution is 7.99. The highest BCUT2D eigenvalue weighted by Crippen LogP contribution is 2.27. The second-order valence-electron chi connectivity index (χ2n) is 7.73. The molecule has 1 saturated heterocycles. The molecule has 1 aliphatic heterocycles. The van der Waals surface area contributed by atoms with Crippen molar-refractivity contribution in [1.29, 1.82) is 0 Å². The van der Waals surface area contributed by atoms with E-state index in [-0.39, 0.29) is 18.1 Å². The van der Waals surface area contributed by atoms with Gasteiger partial charge in [-0.2, -0.15) is 0 Å². The summed E-state index contributed by atoms with van der Waals surface area (Å²) in [6.07, 6.45) is 0.104. The van der Waals surface area contributed by atoms with Crippen LogP contribution in [0, 0.1) is 0 Å². The van der Waals surface area contributed by atoms with Crippen LogP contribution in [0.2, 0.25) is 5.02 Å². The molecule has 31 heavy (non-hydrogen) atoms. The van der Waals surface area contributed by atoms with Gasteiger partial charge in [0, 0.05) is 23.7 Å². The Hall–Kier alpha value is -2.35. The Morgan fingerprint density at radius 3 is 2.42 bits per heavy atom. The molecule has 2 heterocycles. The second-order valence-corrected chi connectivity index (χ2v) is 9.11. The van der Waals surface area contributed by atoms with E-state index in [4.69, 9.17) is 16.3 Å². The number of carbonyl (C=O) groups is 1. The van der Waals surface area contributed by atoms with E-state index < -0.39 is 0 Å². The average molecular weight is 457 g/mol. The Balaban J connectivity index is 1.55. The third kappa shape index (κ3) is 5.47. The van der Waals surface area contributed by atoms with Crippen LogP contribution in [0.1, 0.15) is 19.4 Å². The highest BCUT2D eigenvalue weighted by Gasteiger charge is 2.26. The number of ether oxygens (including phenoxy) is 1. The summed E-state index contributed by atoms with van der Waals surface area (Å²) in [6, 6.07) is 17.7. The van der Waals surface area contributed by atoms with Crippen molar-refractivity contribution in [3.05, 3.63) is 65.2 Å². The minimum absolute atomic E-state index is 0.0518. The van der Waals surface area contributed by atoms with Crippen LogP contribution in [0.15, 0.2) is 59.8 Å². The van der Waals surface area contributed by atoms with Gasteiger partial charge >= 0.3 is 0 Å². The van der Waals surface area contributed by atoms with Crippen LogP contribution in [0.4, 0.5) is 0 Å². The molecule has 0 radical (unpaired) electrons. The zero-order valence-corrected chi connectivity index (χ0v) is 19.1. The quantitative estimate of drug-likeness (QED) is 0.515. The van der Waals surface area contributed by atoms with Gasteiger partial charge in [-0.05, 0) is 43.7 Å². The van der Waals surface area contributed by atoms with Crippen LogP contribution in [0.5, 0.6) is 0 Å². The fourth-order valence-corrected chi connectivity index (χ4v) is 4.68. The molecule has 1 amide bonds. The number of carbonyl (C=O) groups excluding carboxylic acids is 1. The smallest absolute Gasteiger partial charge is 0.233 e. The fraction of sp³-hybridized carbons (Fsp3) is 0.348. The van der Waals surface area contributed by atoms with Gasteiger partial charge < -0.3 is 9.64 Å². The highest BCUT2D eigenvalue weighted by atomic mass is 35.5. The van der Waals surface area contributed by atoms with Crippen molar-refractivity contribution >= 4 is 29.3 Å². The number of aromatic nitrogens is 3. The number of benzene rings is 2. The molecule has 0 spiro atoms. The lowest BCUT2D eigenvalue weighted by Crippen LogP contribution is -2.48. The number of nitrogens with zero attached hydrogens (tertiary/aromatic N) is 4. The summed E-state index contributed by atoms with van der Waals surface area (Å²) in [4.78, 5) is 14.7. The predicted molar refractivity (Wildman–Crippen MR) is 123 cm³/mol. The summed E-state index contributed by atoms with van der Waals surface area (Å²) in [5.41, 5.74) is 2.07. The van der Waals surface area contributed by atoms with Crippen molar-refractivity contribution in [2.45, 2.75) is 37.8 Å². The van der Waals surface area contributed by atoms with Crippen molar-refractivity contribution in [2.24, 2.45) is 0 Å². The number of hydrogen-bond acceptors (Lipinski definition) is 5. The van der Waals surface area contributed by atoms with Crippen molar-refractivity contribution in [1.82, 2.24) is 19.7 Å². The number of rotatable bonds is 6. The van der Waals surface area contributed by atoms with Gasteiger partial charge in [-0.3, -0.25) is 9.36 Å². The summed E-state index contributed by atoms with van der Waals surface area (Å²) >= 11 is 7.48. The predicted octanol–water partition coefficient (Wildman–Crippen LogP) is 4.37. The van der Waals surface area contributed by atoms with Gasteiger partial charge in [0.05, 0.1) is 24.5 Å². The molecule has 1 fully saturated rings. The largest absolute Gasteiger partial charge is 0.372 e. The molecule has 6 nitrogen and oxygen atoms in total. The van der Waals surface area contributed by atoms with E-state index in [1.165, 1.54) is 11.8 Å². The molecule has 4 rings (SSSR count). The summed E-state index contributed by atoms with van der Waals surface area (Å²) in [5, 5.41) is 10.2. The molecule has 0 bridgehead atoms. The molecular weight excluding hydrogens is 432 g/mol. The SMILES string of the molecule is C[C@H]1CN(C(=O)CSc2nnc(-c3ccc(Cl)cc3)n2Cc2ccccc2)C[C@H](C)O1. The standard InChI is InChI=1S/C23H25ClN4O2S/c1-16-12-27(13-17(2)30-16)21(29)15-31-23-26-25-22(19-8-10-20(24)11-9-19)28(23)14-18-6-4-3-5-7-18/h3-11,16-17H,12-15H2,1-2H3/t16-,17-/m0/s1. The molecule has 2 atom stereocenters. The zero-order chi connectivity index (χ0) is 21.8. The number of morpholine rings is 1. The molecule has 0 aliphatic carbocycles. The lowest BCUT2D eigenvalue weighted by molar-refractivity contribution is -0.140. The first kappa shape index (κ1) is 21.9. The van der Waals surface area contributed by atoms with E-state index in [2.05, 4.69) is 26.9 Å². The van der Waals surface area contributed by atoms with Gasteiger partial charge in [0.25, 0.3) is 0 Å². The van der Waals surface area contributed by atoms with Gasteiger partial charge in [0.1, 0.15) is 0 Å². The van der Waals surface area contributed by atoms with Crippen LogP contribution in [-0.2, 0) is 16.1 Å². The van der Waals surface area contributed by atoms with Gasteiger partial charge in [0.2, 0.25) is 5.91 Å². The minimum Gasteiger partial charge on any atom is -0.372 e. The zero-order valence-electron chi connectivity index (χ0n) is 17.6. The monoisotopic (exact) mass is 456 g/mol. The van der Waals surface area contributed by atoms with Crippen LogP contribution in [0.3, 0.4) is 0 Å². The van der Waals surface area contributed by atoms with Crippen molar-refractivity contribution < 1.29 is 9.53 Å². The first-order chi connectivity index (χ1) is 15.0. The average Bonchev–Trinajstić information content (AvgIpc) is 3.15. The summed E-state index contributed by atoms with van der Waals surface area (Å²) < 4.78 is 7.80. The Kier molecular flexibility index (Phi) is 6.95. The minimum atomic E-state index is 0.0518. The van der Waals surface area contributed by atoms with Gasteiger partial charge in [-0.25, -0.2) is 0 Å². The molecular formula is C23H25ClN4O2S. The second kappa shape index (κ2) is 9.85. The van der Waals surface area contributed by atoms with Crippen molar-refractivity contribution in [3.8, 4) is 11.4 Å². The van der Waals surface area contributed by atoms with Crippen molar-refractivity contribution in [3.63, 3.8) is 0 Å². The molecule has 1 aromatic heterocycles. The van der Waals surface area contributed by atoms with Crippen LogP contribution < -0.4 is 0 Å². The molecule has 0 saturated carbocycles. The van der Waals surface area contributed by atoms with E-state index in [0.29, 0.717) is 30.4 Å². The topological polar surface area (TPSA) is 60.2 Å². The number of hydrogen-bond donors (Lipinski definition) is 0. The summed E-state index contributed by atoms with van der Waals surface area (Å²) in [6.45, 7) is 5.86. The van der Waals surface area contributed by atoms with E-state index in [1.54, 1.807) is 0 Å². The molecule has 8 heteroatoms. The third-order valence-corrected chi connectivity index (χ3v) is 6.30. The Morgan fingerprint density at radius 2 is 1.74 bits per heavy atom. The van der Waals surface area contributed by atoms with E-state index >= 15 is 0 Å². The maximum absolute atomic E-state index is 12.8. The lowest BCUT2D eigenvalue weighted by Gasteiger charge is -2.35. The first-order valence-corrected chi connectivity index (χ1v) is 11.6. The Morgan fingerprint density at radius 1 is 1.06 bits per heavy atom. The molecule has 2 aromatic carbocycles. The molecule has 1 aliphatic rings. The number of thioether (sulfide) groups is 1. The molecule has 0 unspecified atom stereocenters. The molecule has 0 N–H and O–H groups in total. The summed E-state index contributed by atoms with van der Waals surface area (Å²) in [7, 11) is 0. The van der Waals surface area contributed by atoms with Crippen molar-refractivity contribution in [2.75, 3.05) is 18.8 Å². The lowest BCUT2D eigenvalue weighted by atomic mass is 10.2. The third-order valence-electron chi connectivity index (χ3n) is 5.10. The van der Waals surface area contributed by atoms with E-state index in [0.717, 1.165) is 22.1 Å². The van der Waals surface area contributed by atoms with Gasteiger partial charge in [-0.15, -0.1) is 10.2 Å². The number of amides is 1. The van der Waals surface area contributed by atoms with Gasteiger partial charge in [-0.1, -0.05) is 53.7 Å². The van der Waals surface area contributed by atoms with Crippen LogP contribution >= 0.6 is 23.4 Å². The molecule has 3 aromatic rings. The fourth-order valence-electron chi connectivity index (χ4n) is 3.72. The van der Waals surface area contributed by atoms with Crippen LogP contribution in [-0.4, -0.2) is 56.6 Å².